The van der Waals surface area contributed by atoms with Crippen molar-refractivity contribution in [3.63, 3.8) is 0 Å². The van der Waals surface area contributed by atoms with Crippen molar-refractivity contribution in [2.45, 2.75) is 19.5 Å². The van der Waals surface area contributed by atoms with Gasteiger partial charge in [0.2, 0.25) is 0 Å². The number of nitrogens with one attached hydrogen (secondary N) is 1. The topological polar surface area (TPSA) is 54.0 Å². The molecule has 3 rings (SSSR count). The van der Waals surface area contributed by atoms with E-state index in [1.54, 1.807) is 13.3 Å². The maximum atomic E-state index is 5.26. The van der Waals surface area contributed by atoms with Gasteiger partial charge in [-0.3, -0.25) is 15.0 Å². The summed E-state index contributed by atoms with van der Waals surface area (Å²) < 4.78 is 5.26. The Morgan fingerprint density at radius 3 is 2.71 bits per heavy atom. The third kappa shape index (κ3) is 3.63. The Morgan fingerprint density at radius 2 is 1.96 bits per heavy atom. The molecule has 2 heterocycles. The van der Waals surface area contributed by atoms with Gasteiger partial charge in [0.25, 0.3) is 0 Å². The van der Waals surface area contributed by atoms with E-state index in [1.165, 1.54) is 0 Å². The summed E-state index contributed by atoms with van der Waals surface area (Å²) in [6, 6.07) is 16.3. The fourth-order valence-electron chi connectivity index (χ4n) is 2.61. The maximum absolute atomic E-state index is 5.26. The molecule has 1 aromatic carbocycles. The largest absolute Gasteiger partial charge is 0.497 e. The summed E-state index contributed by atoms with van der Waals surface area (Å²) >= 11 is 0. The predicted octanol–water partition coefficient (Wildman–Crippen LogP) is 3.67. The number of aromatic amines is 1. The highest BCUT2D eigenvalue weighted by molar-refractivity contribution is 5.59. The van der Waals surface area contributed by atoms with Gasteiger partial charge in [0.1, 0.15) is 5.75 Å². The Labute approximate surface area is 142 Å². The van der Waals surface area contributed by atoms with Crippen molar-refractivity contribution in [2.24, 2.45) is 0 Å². The Hall–Kier alpha value is -2.66. The van der Waals surface area contributed by atoms with Crippen molar-refractivity contribution in [3.05, 3.63) is 66.1 Å². The average Bonchev–Trinajstić information content (AvgIpc) is 3.12. The molecule has 0 aliphatic rings. The van der Waals surface area contributed by atoms with Crippen LogP contribution in [0.1, 0.15) is 24.4 Å². The second-order valence-electron chi connectivity index (χ2n) is 5.85. The SMILES string of the molecule is COc1ccnc(CN(C)[C@H](C)c2cc(-c3ccccc3)n[nH]2)c1. The van der Waals surface area contributed by atoms with Crippen LogP contribution in [0, 0.1) is 0 Å². The summed E-state index contributed by atoms with van der Waals surface area (Å²) in [4.78, 5) is 6.63. The van der Waals surface area contributed by atoms with Crippen molar-refractivity contribution in [1.82, 2.24) is 20.1 Å². The monoisotopic (exact) mass is 322 g/mol. The molecule has 1 N–H and O–H groups in total. The molecule has 0 radical (unpaired) electrons. The number of hydrogen-bond donors (Lipinski definition) is 1. The smallest absolute Gasteiger partial charge is 0.122 e. The summed E-state index contributed by atoms with van der Waals surface area (Å²) in [6.45, 7) is 2.89. The molecule has 0 unspecified atom stereocenters. The van der Waals surface area contributed by atoms with Gasteiger partial charge in [-0.15, -0.1) is 0 Å². The zero-order chi connectivity index (χ0) is 16.9. The first-order valence-electron chi connectivity index (χ1n) is 7.97. The Bertz CT molecular complexity index is 785. The van der Waals surface area contributed by atoms with E-state index in [1.807, 2.05) is 30.3 Å². The number of ether oxygens (including phenoxy) is 1. The molecular weight excluding hydrogens is 300 g/mol. The van der Waals surface area contributed by atoms with Gasteiger partial charge in [0, 0.05) is 30.4 Å². The number of nitrogens with zero attached hydrogens (tertiary/aromatic N) is 3. The lowest BCUT2D eigenvalue weighted by Crippen LogP contribution is -2.22. The molecule has 0 amide bonds. The molecule has 0 saturated heterocycles. The minimum Gasteiger partial charge on any atom is -0.497 e. The van der Waals surface area contributed by atoms with Crippen LogP contribution in [0.4, 0.5) is 0 Å². The highest BCUT2D eigenvalue weighted by Gasteiger charge is 2.16. The third-order valence-corrected chi connectivity index (χ3v) is 4.21. The molecule has 0 spiro atoms. The van der Waals surface area contributed by atoms with Gasteiger partial charge in [0.05, 0.1) is 24.2 Å². The molecule has 124 valence electrons. The van der Waals surface area contributed by atoms with Gasteiger partial charge in [-0.1, -0.05) is 30.3 Å². The van der Waals surface area contributed by atoms with Crippen LogP contribution in [0.15, 0.2) is 54.7 Å². The van der Waals surface area contributed by atoms with Gasteiger partial charge in [-0.05, 0) is 26.1 Å². The Kier molecular flexibility index (Phi) is 4.91. The van der Waals surface area contributed by atoms with Crippen molar-refractivity contribution < 1.29 is 4.74 Å². The number of hydrogen-bond acceptors (Lipinski definition) is 4. The van der Waals surface area contributed by atoms with Crippen LogP contribution in [0.5, 0.6) is 5.75 Å². The molecule has 0 fully saturated rings. The van der Waals surface area contributed by atoms with E-state index in [0.717, 1.165) is 34.9 Å². The van der Waals surface area contributed by atoms with E-state index in [2.05, 4.69) is 52.3 Å². The summed E-state index contributed by atoms with van der Waals surface area (Å²) in [5, 5.41) is 7.59. The quantitative estimate of drug-likeness (QED) is 0.752. The molecule has 1 atom stereocenters. The number of aromatic nitrogens is 3. The van der Waals surface area contributed by atoms with Gasteiger partial charge in [-0.25, -0.2) is 0 Å². The van der Waals surface area contributed by atoms with E-state index in [-0.39, 0.29) is 6.04 Å². The van der Waals surface area contributed by atoms with Gasteiger partial charge >= 0.3 is 0 Å². The van der Waals surface area contributed by atoms with E-state index in [0.29, 0.717) is 0 Å². The summed E-state index contributed by atoms with van der Waals surface area (Å²) in [6.07, 6.45) is 1.77. The highest BCUT2D eigenvalue weighted by Crippen LogP contribution is 2.24. The molecule has 0 bridgehead atoms. The first kappa shape index (κ1) is 16.2. The average molecular weight is 322 g/mol. The fraction of sp³-hybridized carbons (Fsp3) is 0.263. The molecule has 5 heteroatoms. The van der Waals surface area contributed by atoms with E-state index >= 15 is 0 Å². The fourth-order valence-corrected chi connectivity index (χ4v) is 2.61. The minimum atomic E-state index is 0.197. The zero-order valence-corrected chi connectivity index (χ0v) is 14.2. The first-order valence-corrected chi connectivity index (χ1v) is 7.97. The summed E-state index contributed by atoms with van der Waals surface area (Å²) in [5.74, 6) is 0.828. The number of benzene rings is 1. The third-order valence-electron chi connectivity index (χ3n) is 4.21. The molecule has 3 aromatic rings. The lowest BCUT2D eigenvalue weighted by Gasteiger charge is -2.23. The number of rotatable bonds is 6. The molecule has 24 heavy (non-hydrogen) atoms. The standard InChI is InChI=1S/C19H22N4O/c1-14(23(2)13-16-11-17(24-3)9-10-20-16)18-12-19(22-21-18)15-7-5-4-6-8-15/h4-12,14H,13H2,1-3H3,(H,21,22)/t14-/m1/s1. The number of pyridine rings is 1. The highest BCUT2D eigenvalue weighted by atomic mass is 16.5. The normalized spacial score (nSPS) is 12.3. The first-order chi connectivity index (χ1) is 11.7. The lowest BCUT2D eigenvalue weighted by atomic mass is 10.1. The van der Waals surface area contributed by atoms with E-state index in [9.17, 15) is 0 Å². The second kappa shape index (κ2) is 7.27. The minimum absolute atomic E-state index is 0.197. The van der Waals surface area contributed by atoms with Crippen molar-refractivity contribution in [2.75, 3.05) is 14.2 Å². The number of methoxy groups -OCH3 is 1. The van der Waals surface area contributed by atoms with Gasteiger partial charge < -0.3 is 4.74 Å². The predicted molar refractivity (Wildman–Crippen MR) is 94.7 cm³/mol. The zero-order valence-electron chi connectivity index (χ0n) is 14.2. The van der Waals surface area contributed by atoms with Crippen LogP contribution in [0.2, 0.25) is 0 Å². The lowest BCUT2D eigenvalue weighted by molar-refractivity contribution is 0.245. The second-order valence-corrected chi connectivity index (χ2v) is 5.85. The van der Waals surface area contributed by atoms with E-state index < -0.39 is 0 Å². The van der Waals surface area contributed by atoms with Crippen molar-refractivity contribution >= 4 is 0 Å². The van der Waals surface area contributed by atoms with Crippen LogP contribution < -0.4 is 4.74 Å². The molecule has 0 aliphatic carbocycles. The molecule has 0 aliphatic heterocycles. The van der Waals surface area contributed by atoms with Gasteiger partial charge in [-0.2, -0.15) is 5.10 Å². The molecule has 0 saturated carbocycles. The van der Waals surface area contributed by atoms with Crippen molar-refractivity contribution in [3.8, 4) is 17.0 Å². The van der Waals surface area contributed by atoms with E-state index in [4.69, 9.17) is 4.74 Å². The van der Waals surface area contributed by atoms with Crippen LogP contribution in [-0.2, 0) is 6.54 Å². The van der Waals surface area contributed by atoms with Crippen LogP contribution in [-0.4, -0.2) is 34.2 Å². The molecular formula is C19H22N4O. The molecule has 2 aromatic heterocycles. The number of H-pyrrole nitrogens is 1. The van der Waals surface area contributed by atoms with Crippen LogP contribution in [0.25, 0.3) is 11.3 Å². The van der Waals surface area contributed by atoms with Crippen LogP contribution in [0.3, 0.4) is 0 Å². The summed E-state index contributed by atoms with van der Waals surface area (Å²) in [7, 11) is 3.75. The molecule has 5 nitrogen and oxygen atoms in total. The Balaban J connectivity index is 1.71. The van der Waals surface area contributed by atoms with Gasteiger partial charge in [0.15, 0.2) is 0 Å². The van der Waals surface area contributed by atoms with Crippen molar-refractivity contribution in [1.29, 1.82) is 0 Å². The van der Waals surface area contributed by atoms with Crippen LogP contribution >= 0.6 is 0 Å². The maximum Gasteiger partial charge on any atom is 0.122 e. The Morgan fingerprint density at radius 1 is 1.17 bits per heavy atom. The summed E-state index contributed by atoms with van der Waals surface area (Å²) in [5.41, 5.74) is 4.14.